The molecule has 0 bridgehead atoms. The lowest BCUT2D eigenvalue weighted by Crippen LogP contribution is -2.33. The SMILES string of the molecule is CCNC(CCC(F)(F)F)CSC1CCCCC1. The lowest BCUT2D eigenvalue weighted by atomic mass is 10.0. The highest BCUT2D eigenvalue weighted by atomic mass is 32.2. The molecule has 0 heterocycles. The number of alkyl halides is 3. The van der Waals surface area contributed by atoms with E-state index in [9.17, 15) is 13.2 Å². The molecule has 0 spiro atoms. The molecule has 0 aromatic heterocycles. The van der Waals surface area contributed by atoms with Crippen molar-refractivity contribution < 1.29 is 13.2 Å². The van der Waals surface area contributed by atoms with Crippen LogP contribution in [0.5, 0.6) is 0 Å². The van der Waals surface area contributed by atoms with E-state index in [0.29, 0.717) is 5.25 Å². The molecule has 0 aromatic carbocycles. The molecule has 1 nitrogen and oxygen atoms in total. The molecule has 0 aromatic rings. The van der Waals surface area contributed by atoms with Crippen LogP contribution in [0.15, 0.2) is 0 Å². The van der Waals surface area contributed by atoms with Crippen molar-refractivity contribution in [2.24, 2.45) is 0 Å². The minimum absolute atomic E-state index is 0.00329. The van der Waals surface area contributed by atoms with E-state index in [-0.39, 0.29) is 12.5 Å². The van der Waals surface area contributed by atoms with E-state index in [4.69, 9.17) is 0 Å². The first-order chi connectivity index (χ1) is 8.51. The summed E-state index contributed by atoms with van der Waals surface area (Å²) in [7, 11) is 0. The smallest absolute Gasteiger partial charge is 0.313 e. The zero-order valence-corrected chi connectivity index (χ0v) is 11.9. The lowest BCUT2D eigenvalue weighted by Gasteiger charge is -2.24. The highest BCUT2D eigenvalue weighted by molar-refractivity contribution is 7.99. The Kier molecular flexibility index (Phi) is 7.46. The molecular formula is C13H24F3NS. The predicted octanol–water partition coefficient (Wildman–Crippen LogP) is 4.37. The first kappa shape index (κ1) is 16.2. The number of rotatable bonds is 7. The second-order valence-corrected chi connectivity index (χ2v) is 6.34. The predicted molar refractivity (Wildman–Crippen MR) is 72.1 cm³/mol. The van der Waals surface area contributed by atoms with Gasteiger partial charge in [-0.2, -0.15) is 24.9 Å². The molecule has 1 aliphatic rings. The van der Waals surface area contributed by atoms with Gasteiger partial charge in [0, 0.05) is 23.5 Å². The molecule has 18 heavy (non-hydrogen) atoms. The van der Waals surface area contributed by atoms with Gasteiger partial charge in [-0.05, 0) is 25.8 Å². The van der Waals surface area contributed by atoms with Gasteiger partial charge in [0.05, 0.1) is 0 Å². The molecule has 1 N–H and O–H groups in total. The van der Waals surface area contributed by atoms with Crippen LogP contribution in [0.2, 0.25) is 0 Å². The highest BCUT2D eigenvalue weighted by Crippen LogP contribution is 2.30. The van der Waals surface area contributed by atoms with Gasteiger partial charge in [0.25, 0.3) is 0 Å². The normalized spacial score (nSPS) is 20.0. The second-order valence-electron chi connectivity index (χ2n) is 5.00. The lowest BCUT2D eigenvalue weighted by molar-refractivity contribution is -0.136. The van der Waals surface area contributed by atoms with Gasteiger partial charge in [0.15, 0.2) is 0 Å². The van der Waals surface area contributed by atoms with Crippen molar-refractivity contribution >= 4 is 11.8 Å². The van der Waals surface area contributed by atoms with Gasteiger partial charge in [-0.15, -0.1) is 0 Å². The Morgan fingerprint density at radius 2 is 1.89 bits per heavy atom. The average Bonchev–Trinajstić information content (AvgIpc) is 2.33. The highest BCUT2D eigenvalue weighted by Gasteiger charge is 2.28. The molecule has 0 amide bonds. The van der Waals surface area contributed by atoms with E-state index >= 15 is 0 Å². The summed E-state index contributed by atoms with van der Waals surface area (Å²) in [5.74, 6) is 0.814. The zero-order valence-electron chi connectivity index (χ0n) is 11.1. The van der Waals surface area contributed by atoms with E-state index < -0.39 is 12.6 Å². The molecule has 1 saturated carbocycles. The Morgan fingerprint density at radius 3 is 2.44 bits per heavy atom. The third kappa shape index (κ3) is 7.52. The molecule has 1 rings (SSSR count). The van der Waals surface area contributed by atoms with Crippen molar-refractivity contribution in [1.29, 1.82) is 0 Å². The summed E-state index contributed by atoms with van der Waals surface area (Å²) in [6.45, 7) is 2.69. The summed E-state index contributed by atoms with van der Waals surface area (Å²) in [6, 6.07) is 0.00329. The maximum absolute atomic E-state index is 12.2. The minimum atomic E-state index is -4.02. The number of hydrogen-bond acceptors (Lipinski definition) is 2. The molecule has 0 radical (unpaired) electrons. The standard InChI is InChI=1S/C13H24F3NS/c1-2-17-11(8-9-13(14,15)16)10-18-12-6-4-3-5-7-12/h11-12,17H,2-10H2,1H3. The van der Waals surface area contributed by atoms with Crippen LogP contribution in [0.25, 0.3) is 0 Å². The molecule has 5 heteroatoms. The van der Waals surface area contributed by atoms with Crippen molar-refractivity contribution in [2.75, 3.05) is 12.3 Å². The fraction of sp³-hybridized carbons (Fsp3) is 1.00. The second kappa shape index (κ2) is 8.31. The maximum atomic E-state index is 12.2. The van der Waals surface area contributed by atoms with Gasteiger partial charge < -0.3 is 5.32 Å². The minimum Gasteiger partial charge on any atom is -0.313 e. The molecule has 1 unspecified atom stereocenters. The van der Waals surface area contributed by atoms with Crippen LogP contribution < -0.4 is 5.32 Å². The van der Waals surface area contributed by atoms with E-state index in [1.807, 2.05) is 18.7 Å². The molecule has 1 fully saturated rings. The topological polar surface area (TPSA) is 12.0 Å². The summed E-state index contributed by atoms with van der Waals surface area (Å²) in [6.07, 6.45) is 1.88. The Labute approximate surface area is 112 Å². The maximum Gasteiger partial charge on any atom is 0.389 e. The Bertz CT molecular complexity index is 215. The molecule has 1 atom stereocenters. The van der Waals surface area contributed by atoms with Crippen molar-refractivity contribution in [3.63, 3.8) is 0 Å². The summed E-state index contributed by atoms with van der Waals surface area (Å²) in [5.41, 5.74) is 0. The van der Waals surface area contributed by atoms with Crippen molar-refractivity contribution in [3.8, 4) is 0 Å². The number of halogens is 3. The van der Waals surface area contributed by atoms with Crippen LogP contribution in [0.4, 0.5) is 13.2 Å². The fourth-order valence-corrected chi connectivity index (χ4v) is 3.81. The van der Waals surface area contributed by atoms with Crippen LogP contribution in [-0.2, 0) is 0 Å². The monoisotopic (exact) mass is 283 g/mol. The van der Waals surface area contributed by atoms with E-state index in [0.717, 1.165) is 12.3 Å². The zero-order chi connectivity index (χ0) is 13.4. The number of hydrogen-bond donors (Lipinski definition) is 1. The van der Waals surface area contributed by atoms with Crippen molar-refractivity contribution in [2.45, 2.75) is 69.3 Å². The van der Waals surface area contributed by atoms with Gasteiger partial charge >= 0.3 is 6.18 Å². The molecule has 1 aliphatic carbocycles. The Balaban J connectivity index is 2.23. The summed E-state index contributed by atoms with van der Waals surface area (Å²) in [4.78, 5) is 0. The van der Waals surface area contributed by atoms with Crippen molar-refractivity contribution in [3.05, 3.63) is 0 Å². The number of nitrogens with one attached hydrogen (secondary N) is 1. The van der Waals surface area contributed by atoms with Gasteiger partial charge in [-0.1, -0.05) is 26.2 Å². The molecule has 0 saturated heterocycles. The van der Waals surface area contributed by atoms with E-state index in [1.165, 1.54) is 32.1 Å². The Morgan fingerprint density at radius 1 is 1.22 bits per heavy atom. The first-order valence-corrected chi connectivity index (χ1v) is 7.98. The van der Waals surface area contributed by atoms with Gasteiger partial charge in [0.2, 0.25) is 0 Å². The Hall–Kier alpha value is 0.100. The van der Waals surface area contributed by atoms with Gasteiger partial charge in [-0.3, -0.25) is 0 Å². The van der Waals surface area contributed by atoms with Gasteiger partial charge in [-0.25, -0.2) is 0 Å². The van der Waals surface area contributed by atoms with Crippen LogP contribution in [-0.4, -0.2) is 29.8 Å². The molecule has 0 aliphatic heterocycles. The largest absolute Gasteiger partial charge is 0.389 e. The third-order valence-electron chi connectivity index (χ3n) is 3.35. The first-order valence-electron chi connectivity index (χ1n) is 6.93. The van der Waals surface area contributed by atoms with Crippen LogP contribution in [0, 0.1) is 0 Å². The van der Waals surface area contributed by atoms with Gasteiger partial charge in [0.1, 0.15) is 0 Å². The molecule has 108 valence electrons. The number of thioether (sulfide) groups is 1. The van der Waals surface area contributed by atoms with Crippen LogP contribution in [0.1, 0.15) is 51.9 Å². The van der Waals surface area contributed by atoms with E-state index in [2.05, 4.69) is 5.32 Å². The van der Waals surface area contributed by atoms with Crippen LogP contribution in [0.3, 0.4) is 0 Å². The summed E-state index contributed by atoms with van der Waals surface area (Å²) in [5, 5.41) is 3.85. The summed E-state index contributed by atoms with van der Waals surface area (Å²) >= 11 is 1.87. The van der Waals surface area contributed by atoms with Crippen molar-refractivity contribution in [1.82, 2.24) is 5.32 Å². The fourth-order valence-electron chi connectivity index (χ4n) is 2.35. The quantitative estimate of drug-likeness (QED) is 0.744. The van der Waals surface area contributed by atoms with Crippen LogP contribution >= 0.6 is 11.8 Å². The summed E-state index contributed by atoms with van der Waals surface area (Å²) < 4.78 is 36.6. The third-order valence-corrected chi connectivity index (χ3v) is 4.89. The molecular weight excluding hydrogens is 259 g/mol. The average molecular weight is 283 g/mol. The van der Waals surface area contributed by atoms with E-state index in [1.54, 1.807) is 0 Å².